The highest BCUT2D eigenvalue weighted by Gasteiger charge is 2.68. The molecule has 2 bridgehead atoms. The maximum Gasteiger partial charge on any atom is 0.482 e. The summed E-state index contributed by atoms with van der Waals surface area (Å²) in [5, 5.41) is 5.26. The van der Waals surface area contributed by atoms with E-state index in [0.29, 0.717) is 23.1 Å². The van der Waals surface area contributed by atoms with Crippen molar-refractivity contribution in [2.75, 3.05) is 13.7 Å². The van der Waals surface area contributed by atoms with Gasteiger partial charge in [0, 0.05) is 0 Å². The quantitative estimate of drug-likeness (QED) is 0.348. The van der Waals surface area contributed by atoms with Crippen LogP contribution in [0.4, 0.5) is 4.79 Å². The van der Waals surface area contributed by atoms with Crippen LogP contribution in [0.3, 0.4) is 0 Å². The molecule has 1 heterocycles. The van der Waals surface area contributed by atoms with E-state index in [-0.39, 0.29) is 30.0 Å². The molecule has 3 saturated carbocycles. The number of carbonyl (C=O) groups is 3. The maximum atomic E-state index is 12.9. The first-order valence-corrected chi connectivity index (χ1v) is 13.2. The van der Waals surface area contributed by atoms with Crippen molar-refractivity contribution in [2.24, 2.45) is 23.0 Å². The molecule has 5 unspecified atom stereocenters. The molecule has 10 nitrogen and oxygen atoms in total. The standard InChI is InChI=1S/C27H40BN3O7/c1-25(2,3)36-23(33)17-10-8-9-15(22(17)35-7)11-20(31-21(32)14-30-24(29)34)28-37-19-13-16-12-18(26(16,4)5)27(19,6)38-28/h8-10,16,18-20H,11-14H2,1-7H3,(H,31,32)(H3,29,30,34). The van der Waals surface area contributed by atoms with E-state index in [0.717, 1.165) is 12.8 Å². The number of amides is 3. The lowest BCUT2D eigenvalue weighted by atomic mass is 9.43. The summed E-state index contributed by atoms with van der Waals surface area (Å²) in [5.41, 5.74) is 5.14. The number of esters is 1. The second kappa shape index (κ2) is 10.1. The highest BCUT2D eigenvalue weighted by atomic mass is 16.7. The summed E-state index contributed by atoms with van der Waals surface area (Å²) in [6.07, 6.45) is 2.18. The van der Waals surface area contributed by atoms with Crippen LogP contribution in [0.5, 0.6) is 5.75 Å². The smallest absolute Gasteiger partial charge is 0.482 e. The lowest BCUT2D eigenvalue weighted by molar-refractivity contribution is -0.199. The highest BCUT2D eigenvalue weighted by Crippen LogP contribution is 2.65. The summed E-state index contributed by atoms with van der Waals surface area (Å²) < 4.78 is 24.3. The van der Waals surface area contributed by atoms with Crippen molar-refractivity contribution in [3.05, 3.63) is 29.3 Å². The number of ether oxygens (including phenoxy) is 2. The molecule has 5 atom stereocenters. The van der Waals surface area contributed by atoms with Crippen molar-refractivity contribution in [1.82, 2.24) is 10.6 Å². The minimum absolute atomic E-state index is 0.0811. The van der Waals surface area contributed by atoms with E-state index in [1.807, 2.05) is 6.07 Å². The Labute approximate surface area is 224 Å². The molecule has 1 aromatic rings. The van der Waals surface area contributed by atoms with Gasteiger partial charge in [-0.25, -0.2) is 9.59 Å². The number of para-hydroxylation sites is 1. The zero-order valence-electron chi connectivity index (χ0n) is 23.4. The number of methoxy groups -OCH3 is 1. The Morgan fingerprint density at radius 2 is 1.92 bits per heavy atom. The lowest BCUT2D eigenvalue weighted by Gasteiger charge is -2.64. The minimum Gasteiger partial charge on any atom is -0.496 e. The summed E-state index contributed by atoms with van der Waals surface area (Å²) in [4.78, 5) is 36.8. The summed E-state index contributed by atoms with van der Waals surface area (Å²) in [5.74, 6) is -0.277. The molecule has 5 rings (SSSR count). The van der Waals surface area contributed by atoms with Gasteiger partial charge in [-0.3, -0.25) is 4.79 Å². The molecule has 208 valence electrons. The molecule has 0 radical (unpaired) electrons. The van der Waals surface area contributed by atoms with Gasteiger partial charge in [0.25, 0.3) is 0 Å². The highest BCUT2D eigenvalue weighted by molar-refractivity contribution is 6.48. The predicted octanol–water partition coefficient (Wildman–Crippen LogP) is 2.61. The predicted molar refractivity (Wildman–Crippen MR) is 141 cm³/mol. The van der Waals surface area contributed by atoms with Crippen LogP contribution in [-0.4, -0.2) is 61.9 Å². The second-order valence-corrected chi connectivity index (χ2v) is 12.4. The molecule has 0 spiro atoms. The number of rotatable bonds is 8. The van der Waals surface area contributed by atoms with Gasteiger partial charge >= 0.3 is 19.1 Å². The van der Waals surface area contributed by atoms with Gasteiger partial charge in [-0.15, -0.1) is 0 Å². The topological polar surface area (TPSA) is 138 Å². The molecule has 38 heavy (non-hydrogen) atoms. The van der Waals surface area contributed by atoms with Gasteiger partial charge in [-0.1, -0.05) is 26.0 Å². The molecule has 3 aliphatic carbocycles. The van der Waals surface area contributed by atoms with Crippen LogP contribution in [0.15, 0.2) is 18.2 Å². The summed E-state index contributed by atoms with van der Waals surface area (Å²) in [7, 11) is 0.762. The van der Waals surface area contributed by atoms with Crippen LogP contribution in [0, 0.1) is 17.3 Å². The molecule has 1 aromatic carbocycles. The number of nitrogens with one attached hydrogen (secondary N) is 2. The zero-order chi connectivity index (χ0) is 28.0. The summed E-state index contributed by atoms with van der Waals surface area (Å²) in [6, 6.07) is 4.43. The van der Waals surface area contributed by atoms with Gasteiger partial charge in [0.15, 0.2) is 0 Å². The van der Waals surface area contributed by atoms with Gasteiger partial charge in [0.2, 0.25) is 5.91 Å². The molecule has 4 aliphatic rings. The Balaban J connectivity index is 1.61. The van der Waals surface area contributed by atoms with Crippen LogP contribution >= 0.6 is 0 Å². The van der Waals surface area contributed by atoms with E-state index in [2.05, 4.69) is 31.4 Å². The normalized spacial score (nSPS) is 28.0. The first kappa shape index (κ1) is 28.2. The molecule has 0 aromatic heterocycles. The third kappa shape index (κ3) is 5.36. The molecule has 3 amide bonds. The van der Waals surface area contributed by atoms with E-state index in [1.165, 1.54) is 7.11 Å². The molecule has 4 N–H and O–H groups in total. The number of hydrogen-bond acceptors (Lipinski definition) is 7. The lowest BCUT2D eigenvalue weighted by Crippen LogP contribution is -2.65. The van der Waals surface area contributed by atoms with Crippen molar-refractivity contribution in [2.45, 2.75) is 84.1 Å². The van der Waals surface area contributed by atoms with Crippen molar-refractivity contribution >= 4 is 25.0 Å². The number of urea groups is 1. The Hall–Kier alpha value is -2.79. The fourth-order valence-electron chi connectivity index (χ4n) is 6.43. The minimum atomic E-state index is -0.794. The van der Waals surface area contributed by atoms with Crippen molar-refractivity contribution < 1.29 is 33.2 Å². The molecular formula is C27H40BN3O7. The van der Waals surface area contributed by atoms with Gasteiger partial charge in [-0.05, 0) is 75.8 Å². The average Bonchev–Trinajstić information content (AvgIpc) is 3.18. The fourth-order valence-corrected chi connectivity index (χ4v) is 6.43. The monoisotopic (exact) mass is 529 g/mol. The fraction of sp³-hybridized carbons (Fsp3) is 0.667. The Morgan fingerprint density at radius 3 is 2.53 bits per heavy atom. The number of primary amides is 1. The molecule has 1 aliphatic heterocycles. The Kier molecular flexibility index (Phi) is 7.48. The van der Waals surface area contributed by atoms with Crippen LogP contribution in [0.2, 0.25) is 0 Å². The first-order valence-electron chi connectivity index (χ1n) is 13.2. The maximum absolute atomic E-state index is 12.9. The van der Waals surface area contributed by atoms with E-state index < -0.39 is 42.2 Å². The molecule has 1 saturated heterocycles. The van der Waals surface area contributed by atoms with Crippen LogP contribution in [0.25, 0.3) is 0 Å². The van der Waals surface area contributed by atoms with Crippen molar-refractivity contribution in [3.8, 4) is 5.75 Å². The number of hydrogen-bond donors (Lipinski definition) is 3. The third-order valence-corrected chi connectivity index (χ3v) is 8.43. The van der Waals surface area contributed by atoms with E-state index >= 15 is 0 Å². The van der Waals surface area contributed by atoms with E-state index in [9.17, 15) is 14.4 Å². The van der Waals surface area contributed by atoms with Gasteiger partial charge < -0.3 is 35.1 Å². The molecule has 11 heteroatoms. The van der Waals surface area contributed by atoms with Gasteiger partial charge in [-0.2, -0.15) is 0 Å². The summed E-state index contributed by atoms with van der Waals surface area (Å²) >= 11 is 0. The largest absolute Gasteiger partial charge is 0.496 e. The Morgan fingerprint density at radius 1 is 1.21 bits per heavy atom. The van der Waals surface area contributed by atoms with Crippen LogP contribution in [0.1, 0.15) is 70.3 Å². The first-order chi connectivity index (χ1) is 17.7. The van der Waals surface area contributed by atoms with E-state index in [1.54, 1.807) is 32.9 Å². The number of carbonyl (C=O) groups excluding carboxylic acids is 3. The zero-order valence-corrected chi connectivity index (χ0v) is 23.4. The van der Waals surface area contributed by atoms with Crippen LogP contribution < -0.4 is 21.1 Å². The SMILES string of the molecule is COc1c(CC(NC(=O)CNC(N)=O)B2OC3CC4CC(C4(C)C)C3(C)O2)cccc1C(=O)OC(C)(C)C. The average molecular weight is 529 g/mol. The van der Waals surface area contributed by atoms with Crippen LogP contribution in [-0.2, 0) is 25.3 Å². The molecular weight excluding hydrogens is 489 g/mol. The van der Waals surface area contributed by atoms with E-state index in [4.69, 9.17) is 24.5 Å². The number of nitrogens with two attached hydrogens (primary N) is 1. The van der Waals surface area contributed by atoms with Gasteiger partial charge in [0.05, 0.1) is 31.3 Å². The van der Waals surface area contributed by atoms with Crippen molar-refractivity contribution in [3.63, 3.8) is 0 Å². The van der Waals surface area contributed by atoms with Crippen molar-refractivity contribution in [1.29, 1.82) is 0 Å². The molecule has 4 fully saturated rings. The Bertz CT molecular complexity index is 1100. The summed E-state index contributed by atoms with van der Waals surface area (Å²) in [6.45, 7) is 11.8. The second-order valence-electron chi connectivity index (χ2n) is 12.4. The number of benzene rings is 1. The van der Waals surface area contributed by atoms with Gasteiger partial charge in [0.1, 0.15) is 16.9 Å². The third-order valence-electron chi connectivity index (χ3n) is 8.43.